The summed E-state index contributed by atoms with van der Waals surface area (Å²) < 4.78 is 17.1. The van der Waals surface area contributed by atoms with Gasteiger partial charge in [-0.3, -0.25) is 4.57 Å². The van der Waals surface area contributed by atoms with Crippen molar-refractivity contribution in [2.45, 2.75) is 6.54 Å². The summed E-state index contributed by atoms with van der Waals surface area (Å²) in [4.78, 5) is 8.41. The lowest BCUT2D eigenvalue weighted by Gasteiger charge is -2.08. The Bertz CT molecular complexity index is 865. The van der Waals surface area contributed by atoms with Gasteiger partial charge in [-0.1, -0.05) is 5.16 Å². The zero-order valence-corrected chi connectivity index (χ0v) is 10.7. The zero-order valence-electron chi connectivity index (χ0n) is 10.7. The first-order valence-corrected chi connectivity index (χ1v) is 6.19. The van der Waals surface area contributed by atoms with Gasteiger partial charge in [0.1, 0.15) is 24.2 Å². The molecular formula is C13H9FN6O. The van der Waals surface area contributed by atoms with E-state index in [-0.39, 0.29) is 5.82 Å². The fourth-order valence-corrected chi connectivity index (χ4v) is 2.54. The number of benzene rings is 1. The monoisotopic (exact) mass is 284 g/mol. The third-order valence-corrected chi connectivity index (χ3v) is 3.45. The number of imidazole rings is 1. The average molecular weight is 284 g/mol. The normalized spacial score (nSPS) is 12.8. The van der Waals surface area contributed by atoms with E-state index < -0.39 is 0 Å². The highest BCUT2D eigenvalue weighted by atomic mass is 19.1. The van der Waals surface area contributed by atoms with Crippen molar-refractivity contribution in [3.8, 4) is 17.1 Å². The molecule has 3 aromatic rings. The van der Waals surface area contributed by atoms with Crippen molar-refractivity contribution in [2.24, 2.45) is 5.16 Å². The van der Waals surface area contributed by atoms with E-state index in [4.69, 9.17) is 5.21 Å². The molecule has 1 aliphatic heterocycles. The largest absolute Gasteiger partial charge is 0.411 e. The molecule has 8 heteroatoms. The maximum atomic E-state index is 13.6. The third kappa shape index (κ3) is 1.65. The Kier molecular flexibility index (Phi) is 2.37. The molecule has 0 bridgehead atoms. The van der Waals surface area contributed by atoms with Crippen molar-refractivity contribution in [3.05, 3.63) is 48.1 Å². The Morgan fingerprint density at radius 2 is 2.24 bits per heavy atom. The van der Waals surface area contributed by atoms with Crippen molar-refractivity contribution in [1.29, 1.82) is 0 Å². The summed E-state index contributed by atoms with van der Waals surface area (Å²) in [5.74, 6) is 0.240. The molecule has 3 heterocycles. The van der Waals surface area contributed by atoms with Crippen LogP contribution in [-0.4, -0.2) is 35.7 Å². The van der Waals surface area contributed by atoms with Gasteiger partial charge in [0.05, 0.1) is 24.1 Å². The Morgan fingerprint density at radius 3 is 3.10 bits per heavy atom. The molecule has 0 spiro atoms. The van der Waals surface area contributed by atoms with E-state index in [1.54, 1.807) is 17.1 Å². The molecule has 0 atom stereocenters. The predicted octanol–water partition coefficient (Wildman–Crippen LogP) is 1.44. The molecule has 0 aliphatic carbocycles. The topological polar surface area (TPSA) is 81.1 Å². The van der Waals surface area contributed by atoms with E-state index in [0.29, 0.717) is 23.6 Å². The zero-order chi connectivity index (χ0) is 14.4. The number of hydrogen-bond donors (Lipinski definition) is 1. The molecule has 0 unspecified atom stereocenters. The first-order chi connectivity index (χ1) is 10.3. The Hall–Kier alpha value is -3.03. The molecule has 0 amide bonds. The SMILES string of the molecule is O/N=C/c1ncn2c1Cn1ncnc1-c1cc(F)ccc1-2. The molecule has 0 fully saturated rings. The lowest BCUT2D eigenvalue weighted by molar-refractivity contribution is 0.321. The highest BCUT2D eigenvalue weighted by Crippen LogP contribution is 2.31. The van der Waals surface area contributed by atoms with Gasteiger partial charge in [0.25, 0.3) is 0 Å². The molecule has 1 aliphatic rings. The van der Waals surface area contributed by atoms with E-state index in [9.17, 15) is 4.39 Å². The van der Waals surface area contributed by atoms with Gasteiger partial charge >= 0.3 is 0 Å². The molecule has 0 saturated heterocycles. The summed E-state index contributed by atoms with van der Waals surface area (Å²) in [7, 11) is 0. The highest BCUT2D eigenvalue weighted by Gasteiger charge is 2.23. The van der Waals surface area contributed by atoms with Crippen LogP contribution >= 0.6 is 0 Å². The minimum atomic E-state index is -0.344. The Balaban J connectivity index is 2.07. The van der Waals surface area contributed by atoms with Crippen molar-refractivity contribution in [2.75, 3.05) is 0 Å². The van der Waals surface area contributed by atoms with Gasteiger partial charge in [0.2, 0.25) is 0 Å². The summed E-state index contributed by atoms with van der Waals surface area (Å²) in [5.41, 5.74) is 2.69. The van der Waals surface area contributed by atoms with E-state index >= 15 is 0 Å². The molecule has 2 aromatic heterocycles. The van der Waals surface area contributed by atoms with Crippen LogP contribution in [0.5, 0.6) is 0 Å². The van der Waals surface area contributed by atoms with Gasteiger partial charge in [-0.2, -0.15) is 5.10 Å². The van der Waals surface area contributed by atoms with Crippen LogP contribution in [0.25, 0.3) is 17.1 Å². The Labute approximate surface area is 118 Å². The molecule has 1 N–H and O–H groups in total. The number of fused-ring (bicyclic) bond motifs is 5. The van der Waals surface area contributed by atoms with Crippen LogP contribution in [0, 0.1) is 5.82 Å². The molecule has 0 radical (unpaired) electrons. The highest BCUT2D eigenvalue weighted by molar-refractivity contribution is 5.79. The quantitative estimate of drug-likeness (QED) is 0.326. The van der Waals surface area contributed by atoms with Crippen LogP contribution in [0.4, 0.5) is 4.39 Å². The minimum Gasteiger partial charge on any atom is -0.411 e. The van der Waals surface area contributed by atoms with Gasteiger partial charge in [-0.15, -0.1) is 0 Å². The van der Waals surface area contributed by atoms with Gasteiger partial charge in [0.15, 0.2) is 5.82 Å². The fraction of sp³-hybridized carbons (Fsp3) is 0.0769. The van der Waals surface area contributed by atoms with Gasteiger partial charge in [-0.25, -0.2) is 19.0 Å². The van der Waals surface area contributed by atoms with Crippen LogP contribution in [0.15, 0.2) is 36.0 Å². The summed E-state index contributed by atoms with van der Waals surface area (Å²) in [6, 6.07) is 4.47. The second-order valence-electron chi connectivity index (χ2n) is 4.59. The molecular weight excluding hydrogens is 275 g/mol. The molecule has 7 nitrogen and oxygen atoms in total. The van der Waals surface area contributed by atoms with Crippen LogP contribution in [0.1, 0.15) is 11.4 Å². The van der Waals surface area contributed by atoms with E-state index in [0.717, 1.165) is 11.4 Å². The summed E-state index contributed by atoms with van der Waals surface area (Å²) in [6.07, 6.45) is 4.29. The fourth-order valence-electron chi connectivity index (χ4n) is 2.54. The summed E-state index contributed by atoms with van der Waals surface area (Å²) in [6.45, 7) is 0.396. The van der Waals surface area contributed by atoms with E-state index in [1.807, 2.05) is 4.57 Å². The standard InChI is InChI=1S/C13H9FN6O/c14-8-1-2-11-9(3-8)13-15-6-17-20(13)5-12-10(4-18-21)16-7-19(11)12/h1-4,6-7,21H,5H2/b18-4+. The lowest BCUT2D eigenvalue weighted by atomic mass is 10.1. The molecule has 1 aromatic carbocycles. The summed E-state index contributed by atoms with van der Waals surface area (Å²) >= 11 is 0. The number of aromatic nitrogens is 5. The predicted molar refractivity (Wildman–Crippen MR) is 71.0 cm³/mol. The average Bonchev–Trinajstić information content (AvgIpc) is 3.06. The van der Waals surface area contributed by atoms with Crippen molar-refractivity contribution in [3.63, 3.8) is 0 Å². The second-order valence-corrected chi connectivity index (χ2v) is 4.59. The maximum Gasteiger partial charge on any atom is 0.160 e. The number of hydrogen-bond acceptors (Lipinski definition) is 5. The van der Waals surface area contributed by atoms with Gasteiger partial charge in [0, 0.05) is 5.56 Å². The Morgan fingerprint density at radius 1 is 1.33 bits per heavy atom. The smallest absolute Gasteiger partial charge is 0.160 e. The summed E-state index contributed by atoms with van der Waals surface area (Å²) in [5, 5.41) is 15.9. The first-order valence-electron chi connectivity index (χ1n) is 6.19. The van der Waals surface area contributed by atoms with Crippen LogP contribution in [0.3, 0.4) is 0 Å². The second kappa shape index (κ2) is 4.23. The van der Waals surface area contributed by atoms with Crippen molar-refractivity contribution >= 4 is 6.21 Å². The van der Waals surface area contributed by atoms with Crippen molar-refractivity contribution < 1.29 is 9.60 Å². The molecule has 4 rings (SSSR count). The molecule has 104 valence electrons. The van der Waals surface area contributed by atoms with Crippen LogP contribution in [-0.2, 0) is 6.54 Å². The first kappa shape index (κ1) is 11.8. The third-order valence-electron chi connectivity index (χ3n) is 3.45. The minimum absolute atomic E-state index is 0.344. The number of oxime groups is 1. The van der Waals surface area contributed by atoms with E-state index in [2.05, 4.69) is 20.2 Å². The van der Waals surface area contributed by atoms with Gasteiger partial charge < -0.3 is 5.21 Å². The molecule has 0 saturated carbocycles. The number of rotatable bonds is 1. The number of halogens is 1. The van der Waals surface area contributed by atoms with Crippen molar-refractivity contribution in [1.82, 2.24) is 24.3 Å². The lowest BCUT2D eigenvalue weighted by Crippen LogP contribution is -2.06. The van der Waals surface area contributed by atoms with E-state index in [1.165, 1.54) is 24.7 Å². The molecule has 21 heavy (non-hydrogen) atoms. The van der Waals surface area contributed by atoms with Crippen LogP contribution in [0.2, 0.25) is 0 Å². The maximum absolute atomic E-state index is 13.6. The van der Waals surface area contributed by atoms with Gasteiger partial charge in [-0.05, 0) is 18.2 Å². The van der Waals surface area contributed by atoms with Crippen LogP contribution < -0.4 is 0 Å². The number of nitrogens with zero attached hydrogens (tertiary/aromatic N) is 6.